The highest BCUT2D eigenvalue weighted by Crippen LogP contribution is 2.38. The van der Waals surface area contributed by atoms with Crippen molar-refractivity contribution in [1.82, 2.24) is 9.88 Å². The second-order valence-electron chi connectivity index (χ2n) is 9.13. The van der Waals surface area contributed by atoms with Gasteiger partial charge in [0, 0.05) is 30.1 Å². The Morgan fingerprint density at radius 2 is 1.94 bits per heavy atom. The highest BCUT2D eigenvalue weighted by Gasteiger charge is 2.47. The summed E-state index contributed by atoms with van der Waals surface area (Å²) in [5, 5.41) is 3.65. The molecule has 5 rings (SSSR count). The van der Waals surface area contributed by atoms with Crippen LogP contribution in [0.4, 0.5) is 5.13 Å². The molecule has 1 amide bonds. The Hall–Kier alpha value is -2.58. The molecule has 2 aromatic carbocycles. The number of nitrogens with one attached hydrogen (secondary N) is 1. The van der Waals surface area contributed by atoms with E-state index in [1.807, 2.05) is 55.5 Å². The Morgan fingerprint density at radius 3 is 2.68 bits per heavy atom. The van der Waals surface area contributed by atoms with Gasteiger partial charge in [0.2, 0.25) is 5.91 Å². The van der Waals surface area contributed by atoms with E-state index in [0.717, 1.165) is 54.1 Å². The van der Waals surface area contributed by atoms with Gasteiger partial charge in [0.1, 0.15) is 0 Å². The first-order valence-electron chi connectivity index (χ1n) is 12.0. The fourth-order valence-electron chi connectivity index (χ4n) is 4.97. The normalized spacial score (nSPS) is 22.8. The molecule has 2 atom stereocenters. The molecule has 0 bridgehead atoms. The zero-order chi connectivity index (χ0) is 23.4. The molecule has 2 saturated heterocycles. The minimum absolute atomic E-state index is 0.0431. The van der Waals surface area contributed by atoms with Crippen molar-refractivity contribution in [1.29, 1.82) is 0 Å². The lowest BCUT2D eigenvalue weighted by atomic mass is 9.85. The van der Waals surface area contributed by atoms with Crippen molar-refractivity contribution in [3.63, 3.8) is 0 Å². The van der Waals surface area contributed by atoms with E-state index in [2.05, 4.69) is 27.3 Å². The number of carbonyl (C=O) groups excluding carboxylic acids is 1. The summed E-state index contributed by atoms with van der Waals surface area (Å²) in [6.07, 6.45) is 2.92. The number of anilines is 1. The first kappa shape index (κ1) is 23.2. The van der Waals surface area contributed by atoms with Crippen molar-refractivity contribution in [2.45, 2.75) is 44.5 Å². The van der Waals surface area contributed by atoms with Gasteiger partial charge >= 0.3 is 0 Å². The fraction of sp³-hybridized carbons (Fsp3) is 0.407. The predicted molar refractivity (Wildman–Crippen MR) is 135 cm³/mol. The minimum Gasteiger partial charge on any atom is -0.372 e. The van der Waals surface area contributed by atoms with Gasteiger partial charge in [-0.2, -0.15) is 0 Å². The number of rotatable bonds is 7. The van der Waals surface area contributed by atoms with Gasteiger partial charge in [-0.1, -0.05) is 60.7 Å². The first-order valence-corrected chi connectivity index (χ1v) is 12.8. The van der Waals surface area contributed by atoms with Gasteiger partial charge in [0.15, 0.2) is 5.13 Å². The lowest BCUT2D eigenvalue weighted by Gasteiger charge is -2.44. The molecule has 0 aliphatic carbocycles. The molecule has 6 nitrogen and oxygen atoms in total. The monoisotopic (exact) mass is 477 g/mol. The maximum Gasteiger partial charge on any atom is 0.240 e. The molecular formula is C27H31N3O3S. The average molecular weight is 478 g/mol. The second kappa shape index (κ2) is 10.4. The van der Waals surface area contributed by atoms with E-state index < -0.39 is 0 Å². The molecule has 0 radical (unpaired) electrons. The molecule has 34 heavy (non-hydrogen) atoms. The summed E-state index contributed by atoms with van der Waals surface area (Å²) in [5.41, 5.74) is 2.92. The summed E-state index contributed by atoms with van der Waals surface area (Å²) in [6, 6.07) is 20.3. The molecule has 7 heteroatoms. The van der Waals surface area contributed by atoms with Crippen molar-refractivity contribution in [2.24, 2.45) is 0 Å². The number of nitrogens with zero attached hydrogens (tertiary/aromatic N) is 2. The van der Waals surface area contributed by atoms with Crippen LogP contribution in [0.2, 0.25) is 0 Å². The highest BCUT2D eigenvalue weighted by atomic mass is 32.1. The average Bonchev–Trinajstić information content (AvgIpc) is 3.47. The molecule has 3 heterocycles. The zero-order valence-corrected chi connectivity index (χ0v) is 20.4. The number of carbonyl (C=O) groups is 1. The Labute approximate surface area is 204 Å². The van der Waals surface area contributed by atoms with Crippen molar-refractivity contribution >= 4 is 22.4 Å². The predicted octanol–water partition coefficient (Wildman–Crippen LogP) is 4.90. The van der Waals surface area contributed by atoms with Gasteiger partial charge < -0.3 is 14.8 Å². The zero-order valence-electron chi connectivity index (χ0n) is 19.5. The number of amides is 1. The number of aromatic nitrogens is 1. The molecule has 1 N–H and O–H groups in total. The quantitative estimate of drug-likeness (QED) is 0.525. The smallest absolute Gasteiger partial charge is 0.240 e. The maximum absolute atomic E-state index is 12.9. The Morgan fingerprint density at radius 1 is 1.18 bits per heavy atom. The first-order chi connectivity index (χ1) is 16.6. The third-order valence-electron chi connectivity index (χ3n) is 6.75. The molecule has 1 spiro atoms. The van der Waals surface area contributed by atoms with E-state index >= 15 is 0 Å². The van der Waals surface area contributed by atoms with Crippen LogP contribution in [-0.4, -0.2) is 53.7 Å². The number of benzene rings is 2. The van der Waals surface area contributed by atoms with Crippen molar-refractivity contribution in [3.8, 4) is 11.3 Å². The molecule has 1 aromatic heterocycles. The fourth-order valence-corrected chi connectivity index (χ4v) is 5.82. The largest absolute Gasteiger partial charge is 0.372 e. The van der Waals surface area contributed by atoms with Gasteiger partial charge in [-0.3, -0.25) is 9.69 Å². The van der Waals surface area contributed by atoms with Crippen LogP contribution in [0.5, 0.6) is 0 Å². The third-order valence-corrected chi connectivity index (χ3v) is 7.63. The standard InChI is InChI=1S/C27H31N3O3S/c1-20-25(22-11-6-3-7-12-22)29-26(34-20)28-24(31)18-30-15-14-27(13-8-16-33-27)23(17-30)32-19-21-9-4-2-5-10-21/h2-7,9-12,23H,8,13-19H2,1H3,(H,28,29,31). The number of hydrogen-bond donors (Lipinski definition) is 1. The van der Waals surface area contributed by atoms with Crippen LogP contribution in [-0.2, 0) is 20.9 Å². The van der Waals surface area contributed by atoms with E-state index in [1.165, 1.54) is 11.3 Å². The van der Waals surface area contributed by atoms with Crippen LogP contribution in [0, 0.1) is 6.92 Å². The lowest BCUT2D eigenvalue weighted by molar-refractivity contribution is -0.159. The topological polar surface area (TPSA) is 63.7 Å². The number of thiazole rings is 1. The molecule has 2 aliphatic heterocycles. The molecular weight excluding hydrogens is 446 g/mol. The molecule has 0 saturated carbocycles. The number of aryl methyl sites for hydroxylation is 1. The summed E-state index contributed by atoms with van der Waals surface area (Å²) in [6.45, 7) is 5.21. The number of hydrogen-bond acceptors (Lipinski definition) is 6. The summed E-state index contributed by atoms with van der Waals surface area (Å²) >= 11 is 1.51. The van der Waals surface area contributed by atoms with Gasteiger partial charge in [-0.25, -0.2) is 4.98 Å². The summed E-state index contributed by atoms with van der Waals surface area (Å²) in [7, 11) is 0. The number of likely N-dealkylation sites (tertiary alicyclic amines) is 1. The van der Waals surface area contributed by atoms with Crippen LogP contribution in [0.3, 0.4) is 0 Å². The van der Waals surface area contributed by atoms with Crippen molar-refractivity contribution < 1.29 is 14.3 Å². The van der Waals surface area contributed by atoms with Crippen molar-refractivity contribution in [3.05, 3.63) is 71.1 Å². The van der Waals surface area contributed by atoms with E-state index in [9.17, 15) is 4.79 Å². The Balaban J connectivity index is 1.21. The van der Waals surface area contributed by atoms with Gasteiger partial charge in [0.25, 0.3) is 0 Å². The van der Waals surface area contributed by atoms with Crippen LogP contribution < -0.4 is 5.32 Å². The summed E-state index contributed by atoms with van der Waals surface area (Å²) in [5.74, 6) is -0.0431. The van der Waals surface area contributed by atoms with Crippen LogP contribution in [0.15, 0.2) is 60.7 Å². The maximum atomic E-state index is 12.9. The molecule has 2 unspecified atom stereocenters. The van der Waals surface area contributed by atoms with Crippen LogP contribution in [0.1, 0.15) is 29.7 Å². The SMILES string of the molecule is Cc1sc(NC(=O)CN2CCC3(CCCO3)C(OCc3ccccc3)C2)nc1-c1ccccc1. The lowest BCUT2D eigenvalue weighted by Crippen LogP contribution is -2.57. The molecule has 2 aliphatic rings. The minimum atomic E-state index is -0.223. The van der Waals surface area contributed by atoms with Gasteiger partial charge in [-0.05, 0) is 31.7 Å². The van der Waals surface area contributed by atoms with E-state index in [0.29, 0.717) is 24.8 Å². The molecule has 2 fully saturated rings. The van der Waals surface area contributed by atoms with Crippen LogP contribution in [0.25, 0.3) is 11.3 Å². The van der Waals surface area contributed by atoms with E-state index in [-0.39, 0.29) is 17.6 Å². The van der Waals surface area contributed by atoms with Gasteiger partial charge in [-0.15, -0.1) is 11.3 Å². The van der Waals surface area contributed by atoms with Crippen LogP contribution >= 0.6 is 11.3 Å². The number of piperidine rings is 1. The second-order valence-corrected chi connectivity index (χ2v) is 10.3. The van der Waals surface area contributed by atoms with Gasteiger partial charge in [0.05, 0.1) is 30.6 Å². The Bertz CT molecular complexity index is 1100. The van der Waals surface area contributed by atoms with E-state index in [1.54, 1.807) is 0 Å². The van der Waals surface area contributed by atoms with E-state index in [4.69, 9.17) is 9.47 Å². The molecule has 178 valence electrons. The van der Waals surface area contributed by atoms with Crippen molar-refractivity contribution in [2.75, 3.05) is 31.6 Å². The Kier molecular flexibility index (Phi) is 7.06. The third kappa shape index (κ3) is 5.23. The summed E-state index contributed by atoms with van der Waals surface area (Å²) < 4.78 is 12.6. The molecule has 3 aromatic rings. The highest BCUT2D eigenvalue weighted by molar-refractivity contribution is 7.16. The summed E-state index contributed by atoms with van der Waals surface area (Å²) in [4.78, 5) is 20.8. The number of ether oxygens (including phenoxy) is 2.